The van der Waals surface area contributed by atoms with Crippen molar-refractivity contribution in [2.24, 2.45) is 0 Å². The van der Waals surface area contributed by atoms with E-state index < -0.39 is 5.97 Å². The van der Waals surface area contributed by atoms with Gasteiger partial charge in [0.2, 0.25) is 0 Å². The molecule has 0 aliphatic heterocycles. The Kier molecular flexibility index (Phi) is 4.34. The molecule has 0 aliphatic carbocycles. The highest BCUT2D eigenvalue weighted by molar-refractivity contribution is 5.91. The molecular weight excluding hydrogens is 240 g/mol. The molecule has 0 amide bonds. The number of carbonyl (C=O) groups is 1. The van der Waals surface area contributed by atoms with Gasteiger partial charge in [-0.3, -0.25) is 0 Å². The number of fused-ring (bicyclic) bond motifs is 1. The molecule has 0 bridgehead atoms. The molecular formula is C15H18N2O2. The average molecular weight is 258 g/mol. The molecule has 0 saturated heterocycles. The van der Waals surface area contributed by atoms with Crippen LogP contribution in [-0.4, -0.2) is 20.6 Å². The highest BCUT2D eigenvalue weighted by Crippen LogP contribution is 2.16. The number of hydrogen-bond donors (Lipinski definition) is 1. The van der Waals surface area contributed by atoms with Gasteiger partial charge in [-0.25, -0.2) is 9.78 Å². The predicted octanol–water partition coefficient (Wildman–Crippen LogP) is 3.54. The van der Waals surface area contributed by atoms with E-state index in [1.807, 2.05) is 24.3 Å². The topological polar surface area (TPSA) is 55.1 Å². The highest BCUT2D eigenvalue weighted by atomic mass is 16.4. The van der Waals surface area contributed by atoms with Crippen LogP contribution >= 0.6 is 0 Å². The van der Waals surface area contributed by atoms with Crippen LogP contribution in [-0.2, 0) is 4.79 Å². The SMILES string of the molecule is CCCCC/C(=C/n1cnc2ccccc21)C(=O)O. The van der Waals surface area contributed by atoms with Gasteiger partial charge in [-0.05, 0) is 25.0 Å². The molecule has 2 rings (SSSR count). The van der Waals surface area contributed by atoms with Crippen molar-refractivity contribution < 1.29 is 9.90 Å². The van der Waals surface area contributed by atoms with E-state index in [-0.39, 0.29) is 0 Å². The molecule has 0 saturated carbocycles. The zero-order chi connectivity index (χ0) is 13.7. The van der Waals surface area contributed by atoms with Crippen molar-refractivity contribution in [2.45, 2.75) is 32.6 Å². The molecule has 100 valence electrons. The van der Waals surface area contributed by atoms with E-state index in [1.165, 1.54) is 0 Å². The summed E-state index contributed by atoms with van der Waals surface area (Å²) in [7, 11) is 0. The molecule has 0 fully saturated rings. The monoisotopic (exact) mass is 258 g/mol. The van der Waals surface area contributed by atoms with E-state index >= 15 is 0 Å². The van der Waals surface area contributed by atoms with E-state index in [2.05, 4.69) is 11.9 Å². The summed E-state index contributed by atoms with van der Waals surface area (Å²) in [4.78, 5) is 15.5. The Morgan fingerprint density at radius 3 is 2.89 bits per heavy atom. The Morgan fingerprint density at radius 1 is 1.37 bits per heavy atom. The molecule has 1 N–H and O–H groups in total. The quantitative estimate of drug-likeness (QED) is 0.637. The van der Waals surface area contributed by atoms with Gasteiger partial charge >= 0.3 is 5.97 Å². The van der Waals surface area contributed by atoms with E-state index in [0.29, 0.717) is 12.0 Å². The Bertz CT molecular complexity index is 599. The summed E-state index contributed by atoms with van der Waals surface area (Å²) in [6.07, 6.45) is 6.97. The van der Waals surface area contributed by atoms with Gasteiger partial charge in [0.05, 0.1) is 22.9 Å². The zero-order valence-corrected chi connectivity index (χ0v) is 11.0. The third kappa shape index (κ3) is 3.22. The number of imidazole rings is 1. The Morgan fingerprint density at radius 2 is 2.16 bits per heavy atom. The average Bonchev–Trinajstić information content (AvgIpc) is 2.81. The zero-order valence-electron chi connectivity index (χ0n) is 11.0. The summed E-state index contributed by atoms with van der Waals surface area (Å²) in [5.41, 5.74) is 2.23. The molecule has 4 heteroatoms. The minimum absolute atomic E-state index is 0.427. The maximum absolute atomic E-state index is 11.3. The number of benzene rings is 1. The summed E-state index contributed by atoms with van der Waals surface area (Å²) in [6.45, 7) is 2.10. The molecule has 0 radical (unpaired) electrons. The van der Waals surface area contributed by atoms with E-state index in [1.54, 1.807) is 17.1 Å². The fourth-order valence-corrected chi connectivity index (χ4v) is 2.04. The van der Waals surface area contributed by atoms with Crippen molar-refractivity contribution in [3.8, 4) is 0 Å². The van der Waals surface area contributed by atoms with Crippen LogP contribution in [0.15, 0.2) is 36.2 Å². The lowest BCUT2D eigenvalue weighted by Gasteiger charge is -2.03. The predicted molar refractivity (Wildman–Crippen MR) is 75.8 cm³/mol. The summed E-state index contributed by atoms with van der Waals surface area (Å²) >= 11 is 0. The first-order valence-corrected chi connectivity index (χ1v) is 6.58. The first-order valence-electron chi connectivity index (χ1n) is 6.58. The number of hydrogen-bond acceptors (Lipinski definition) is 2. The number of unbranched alkanes of at least 4 members (excludes halogenated alkanes) is 2. The number of aliphatic carboxylic acids is 1. The van der Waals surface area contributed by atoms with E-state index in [9.17, 15) is 9.90 Å². The minimum atomic E-state index is -0.853. The van der Waals surface area contributed by atoms with Crippen LogP contribution in [0.1, 0.15) is 32.6 Å². The van der Waals surface area contributed by atoms with E-state index in [4.69, 9.17) is 0 Å². The third-order valence-corrected chi connectivity index (χ3v) is 3.10. The molecule has 19 heavy (non-hydrogen) atoms. The minimum Gasteiger partial charge on any atom is -0.478 e. The molecule has 1 heterocycles. The lowest BCUT2D eigenvalue weighted by atomic mass is 10.1. The van der Waals surface area contributed by atoms with Gasteiger partial charge in [-0.2, -0.15) is 0 Å². The van der Waals surface area contributed by atoms with Crippen molar-refractivity contribution >= 4 is 23.2 Å². The molecule has 4 nitrogen and oxygen atoms in total. The molecule has 0 spiro atoms. The van der Waals surface area contributed by atoms with Gasteiger partial charge in [0.1, 0.15) is 0 Å². The lowest BCUT2D eigenvalue weighted by Crippen LogP contribution is -2.02. The molecule has 0 atom stereocenters. The molecule has 2 aromatic rings. The molecule has 0 unspecified atom stereocenters. The van der Waals surface area contributed by atoms with Crippen LogP contribution in [0.2, 0.25) is 0 Å². The highest BCUT2D eigenvalue weighted by Gasteiger charge is 2.08. The van der Waals surface area contributed by atoms with Gasteiger partial charge in [-0.1, -0.05) is 31.9 Å². The Hall–Kier alpha value is -2.10. The molecule has 1 aromatic heterocycles. The number of carboxylic acid groups (broad SMARTS) is 1. The van der Waals surface area contributed by atoms with Crippen LogP contribution in [0, 0.1) is 0 Å². The van der Waals surface area contributed by atoms with Crippen LogP contribution in [0.25, 0.3) is 17.2 Å². The standard InChI is InChI=1S/C15H18N2O2/c1-2-3-4-7-12(15(18)19)10-17-11-16-13-8-5-6-9-14(13)17/h5-6,8-11H,2-4,7H2,1H3,(H,18,19)/b12-10-. The van der Waals surface area contributed by atoms with E-state index in [0.717, 1.165) is 30.3 Å². The number of aromatic nitrogens is 2. The summed E-state index contributed by atoms with van der Waals surface area (Å²) < 4.78 is 1.78. The number of carboxylic acids is 1. The maximum atomic E-state index is 11.3. The number of para-hydroxylation sites is 2. The smallest absolute Gasteiger partial charge is 0.333 e. The Balaban J connectivity index is 2.27. The van der Waals surface area contributed by atoms with Crippen LogP contribution in [0.3, 0.4) is 0 Å². The lowest BCUT2D eigenvalue weighted by molar-refractivity contribution is -0.132. The summed E-state index contributed by atoms with van der Waals surface area (Å²) in [5, 5.41) is 9.24. The fourth-order valence-electron chi connectivity index (χ4n) is 2.04. The van der Waals surface area contributed by atoms with Crippen LogP contribution in [0.4, 0.5) is 0 Å². The normalized spacial score (nSPS) is 11.9. The van der Waals surface area contributed by atoms with Gasteiger partial charge in [0.25, 0.3) is 0 Å². The van der Waals surface area contributed by atoms with Crippen LogP contribution in [0.5, 0.6) is 0 Å². The van der Waals surface area contributed by atoms with Crippen molar-refractivity contribution in [1.82, 2.24) is 9.55 Å². The van der Waals surface area contributed by atoms with Crippen molar-refractivity contribution in [1.29, 1.82) is 0 Å². The third-order valence-electron chi connectivity index (χ3n) is 3.10. The van der Waals surface area contributed by atoms with Crippen molar-refractivity contribution in [3.63, 3.8) is 0 Å². The number of nitrogens with zero attached hydrogens (tertiary/aromatic N) is 2. The van der Waals surface area contributed by atoms with Gasteiger partial charge in [-0.15, -0.1) is 0 Å². The molecule has 0 aliphatic rings. The van der Waals surface area contributed by atoms with Crippen molar-refractivity contribution in [3.05, 3.63) is 36.2 Å². The van der Waals surface area contributed by atoms with Crippen LogP contribution < -0.4 is 0 Å². The maximum Gasteiger partial charge on any atom is 0.333 e. The summed E-state index contributed by atoms with van der Waals surface area (Å²) in [6, 6.07) is 7.69. The summed E-state index contributed by atoms with van der Waals surface area (Å²) in [5.74, 6) is -0.853. The molecule has 1 aromatic carbocycles. The second-order valence-corrected chi connectivity index (χ2v) is 4.56. The largest absolute Gasteiger partial charge is 0.478 e. The number of rotatable bonds is 6. The van der Waals surface area contributed by atoms with Gasteiger partial charge in [0, 0.05) is 6.20 Å². The first-order chi connectivity index (χ1) is 9.22. The first kappa shape index (κ1) is 13.3. The Labute approximate surface area is 112 Å². The van der Waals surface area contributed by atoms with Crippen molar-refractivity contribution in [2.75, 3.05) is 0 Å². The second-order valence-electron chi connectivity index (χ2n) is 4.56. The van der Waals surface area contributed by atoms with Gasteiger partial charge < -0.3 is 9.67 Å². The van der Waals surface area contributed by atoms with Gasteiger partial charge in [0.15, 0.2) is 0 Å². The second kappa shape index (κ2) is 6.18. The fraction of sp³-hybridized carbons (Fsp3) is 0.333.